The zero-order valence-electron chi connectivity index (χ0n) is 17.3. The molecule has 2 aromatic heterocycles. The van der Waals surface area contributed by atoms with Crippen LogP contribution in [0.5, 0.6) is 0 Å². The maximum atomic E-state index is 12.4. The van der Waals surface area contributed by atoms with Gasteiger partial charge in [-0.05, 0) is 54.1 Å². The van der Waals surface area contributed by atoms with Crippen molar-refractivity contribution in [3.05, 3.63) is 101 Å². The summed E-state index contributed by atoms with van der Waals surface area (Å²) in [5.74, 6) is 0.544. The molecule has 33 heavy (non-hydrogen) atoms. The van der Waals surface area contributed by atoms with Gasteiger partial charge in [-0.3, -0.25) is 4.79 Å². The van der Waals surface area contributed by atoms with Crippen LogP contribution in [0.1, 0.15) is 21.6 Å². The van der Waals surface area contributed by atoms with Crippen molar-refractivity contribution in [1.82, 2.24) is 20.0 Å². The van der Waals surface area contributed by atoms with Crippen LogP contribution in [0.25, 0.3) is 10.2 Å². The maximum Gasteiger partial charge on any atom is 0.255 e. The van der Waals surface area contributed by atoms with E-state index in [1.165, 1.54) is 4.70 Å². The van der Waals surface area contributed by atoms with Crippen LogP contribution in [-0.4, -0.2) is 25.9 Å². The van der Waals surface area contributed by atoms with Crippen molar-refractivity contribution in [2.24, 2.45) is 0 Å². The number of para-hydroxylation sites is 1. The van der Waals surface area contributed by atoms with E-state index in [9.17, 15) is 4.79 Å². The van der Waals surface area contributed by atoms with E-state index in [1.807, 2.05) is 36.5 Å². The molecule has 0 fully saturated rings. The molecule has 1 amide bonds. The van der Waals surface area contributed by atoms with Gasteiger partial charge in [-0.1, -0.05) is 52.8 Å². The number of nitrogens with zero attached hydrogens (tertiary/aromatic N) is 4. The summed E-state index contributed by atoms with van der Waals surface area (Å²) in [5, 5.41) is 12.0. The van der Waals surface area contributed by atoms with Gasteiger partial charge in [-0.2, -0.15) is 0 Å². The maximum absolute atomic E-state index is 12.4. The van der Waals surface area contributed by atoms with Crippen LogP contribution in [0.3, 0.4) is 0 Å². The molecule has 3 aromatic carbocycles. The van der Waals surface area contributed by atoms with Gasteiger partial charge in [0.2, 0.25) is 0 Å². The van der Waals surface area contributed by atoms with Crippen molar-refractivity contribution in [3.63, 3.8) is 0 Å². The van der Waals surface area contributed by atoms with E-state index >= 15 is 0 Å². The zero-order chi connectivity index (χ0) is 22.6. The van der Waals surface area contributed by atoms with Crippen LogP contribution in [-0.2, 0) is 12.3 Å². The lowest BCUT2D eigenvalue weighted by atomic mass is 10.1. The number of hydrogen-bond acceptors (Lipinski definition) is 6. The van der Waals surface area contributed by atoms with Gasteiger partial charge in [0.1, 0.15) is 0 Å². The summed E-state index contributed by atoms with van der Waals surface area (Å²) in [6, 6.07) is 22.6. The normalized spacial score (nSPS) is 11.1. The number of rotatable bonds is 7. The molecular weight excluding hydrogens is 474 g/mol. The Morgan fingerprint density at radius 2 is 1.82 bits per heavy atom. The number of anilines is 1. The number of amides is 1. The SMILES string of the molecule is O=C(Nc1ccc(Cl)cc1)c1ccc(Cn2cc(CSc3nc4ccccc4s3)nn2)cc1. The largest absolute Gasteiger partial charge is 0.322 e. The van der Waals surface area contributed by atoms with Gasteiger partial charge >= 0.3 is 0 Å². The van der Waals surface area contributed by atoms with Gasteiger partial charge < -0.3 is 5.32 Å². The number of carbonyl (C=O) groups excluding carboxylic acids is 1. The Kier molecular flexibility index (Phi) is 6.39. The highest BCUT2D eigenvalue weighted by Crippen LogP contribution is 2.30. The number of aromatic nitrogens is 4. The molecule has 0 aliphatic carbocycles. The van der Waals surface area contributed by atoms with Crippen LogP contribution >= 0.6 is 34.7 Å². The second kappa shape index (κ2) is 9.74. The first-order valence-corrected chi connectivity index (χ1v) is 12.3. The highest BCUT2D eigenvalue weighted by molar-refractivity contribution is 8.00. The zero-order valence-corrected chi connectivity index (χ0v) is 19.7. The van der Waals surface area contributed by atoms with E-state index in [2.05, 4.69) is 26.7 Å². The minimum absolute atomic E-state index is 0.168. The Morgan fingerprint density at radius 1 is 1.03 bits per heavy atom. The molecule has 1 N–H and O–H groups in total. The lowest BCUT2D eigenvalue weighted by Gasteiger charge is -2.06. The lowest BCUT2D eigenvalue weighted by Crippen LogP contribution is -2.12. The van der Waals surface area contributed by atoms with E-state index in [0.717, 1.165) is 21.1 Å². The standard InChI is InChI=1S/C24H18ClN5OS2/c25-18-9-11-19(12-10-18)26-23(31)17-7-5-16(6-8-17)13-30-14-20(28-29-30)15-32-24-27-21-3-1-2-4-22(21)33-24/h1-12,14H,13,15H2,(H,26,31). The van der Waals surface area contributed by atoms with Crippen LogP contribution < -0.4 is 5.32 Å². The van der Waals surface area contributed by atoms with Crippen molar-refractivity contribution >= 4 is 56.5 Å². The average molecular weight is 492 g/mol. The van der Waals surface area contributed by atoms with Crippen molar-refractivity contribution < 1.29 is 4.79 Å². The number of hydrogen-bond donors (Lipinski definition) is 1. The third-order valence-corrected chi connectivity index (χ3v) is 7.33. The van der Waals surface area contributed by atoms with Crippen LogP contribution in [0.15, 0.2) is 83.3 Å². The van der Waals surface area contributed by atoms with Gasteiger partial charge in [0.25, 0.3) is 5.91 Å². The van der Waals surface area contributed by atoms with Crippen molar-refractivity contribution in [2.75, 3.05) is 5.32 Å². The second-order valence-corrected chi connectivity index (χ2v) is 9.99. The number of thioether (sulfide) groups is 1. The molecule has 5 aromatic rings. The van der Waals surface area contributed by atoms with E-state index in [4.69, 9.17) is 11.6 Å². The molecule has 6 nitrogen and oxygen atoms in total. The third kappa shape index (κ3) is 5.42. The minimum Gasteiger partial charge on any atom is -0.322 e. The molecule has 0 aliphatic rings. The first-order chi connectivity index (χ1) is 16.1. The number of benzene rings is 3. The van der Waals surface area contributed by atoms with Gasteiger partial charge in [0.05, 0.1) is 22.5 Å². The molecule has 0 spiro atoms. The summed E-state index contributed by atoms with van der Waals surface area (Å²) < 4.78 is 4.02. The monoisotopic (exact) mass is 491 g/mol. The third-order valence-electron chi connectivity index (χ3n) is 4.87. The minimum atomic E-state index is -0.168. The highest BCUT2D eigenvalue weighted by Gasteiger charge is 2.09. The Labute approximate surface area is 203 Å². The highest BCUT2D eigenvalue weighted by atomic mass is 35.5. The van der Waals surface area contributed by atoms with Crippen LogP contribution in [0.4, 0.5) is 5.69 Å². The summed E-state index contributed by atoms with van der Waals surface area (Å²) in [7, 11) is 0. The summed E-state index contributed by atoms with van der Waals surface area (Å²) in [5.41, 5.74) is 4.25. The number of halogens is 1. The van der Waals surface area contributed by atoms with E-state index in [0.29, 0.717) is 28.6 Å². The van der Waals surface area contributed by atoms with Crippen LogP contribution in [0.2, 0.25) is 5.02 Å². The number of thiazole rings is 1. The Hall–Kier alpha value is -3.20. The summed E-state index contributed by atoms with van der Waals surface area (Å²) in [6.45, 7) is 0.581. The number of fused-ring (bicyclic) bond motifs is 1. The molecular formula is C24H18ClN5OS2. The molecule has 5 rings (SSSR count). The van der Waals surface area contributed by atoms with Gasteiger partial charge in [0, 0.05) is 28.2 Å². The van der Waals surface area contributed by atoms with E-state index in [-0.39, 0.29) is 5.91 Å². The Balaban J connectivity index is 1.17. The lowest BCUT2D eigenvalue weighted by molar-refractivity contribution is 0.102. The summed E-state index contributed by atoms with van der Waals surface area (Å²) in [6.07, 6.45) is 1.95. The molecule has 0 radical (unpaired) electrons. The first-order valence-electron chi connectivity index (χ1n) is 10.2. The topological polar surface area (TPSA) is 72.7 Å². The van der Waals surface area contributed by atoms with Crippen molar-refractivity contribution in [2.45, 2.75) is 16.6 Å². The van der Waals surface area contributed by atoms with Gasteiger partial charge in [-0.15, -0.1) is 16.4 Å². The molecule has 164 valence electrons. The predicted molar refractivity (Wildman–Crippen MR) is 134 cm³/mol. The van der Waals surface area contributed by atoms with Gasteiger partial charge in [-0.25, -0.2) is 9.67 Å². The average Bonchev–Trinajstić information content (AvgIpc) is 3.46. The molecule has 2 heterocycles. The fourth-order valence-electron chi connectivity index (χ4n) is 3.22. The Bertz CT molecular complexity index is 1360. The fraction of sp³-hybridized carbons (Fsp3) is 0.0833. The van der Waals surface area contributed by atoms with Gasteiger partial charge in [0.15, 0.2) is 4.34 Å². The molecule has 0 atom stereocenters. The van der Waals surface area contributed by atoms with Crippen molar-refractivity contribution in [1.29, 1.82) is 0 Å². The summed E-state index contributed by atoms with van der Waals surface area (Å²) in [4.78, 5) is 17.1. The van der Waals surface area contributed by atoms with E-state index < -0.39 is 0 Å². The second-order valence-electron chi connectivity index (χ2n) is 7.30. The van der Waals surface area contributed by atoms with Crippen molar-refractivity contribution in [3.8, 4) is 0 Å². The fourth-order valence-corrected chi connectivity index (χ4v) is 5.29. The number of carbonyl (C=O) groups is 1. The Morgan fingerprint density at radius 3 is 2.61 bits per heavy atom. The molecule has 9 heteroatoms. The first kappa shape index (κ1) is 21.6. The molecule has 0 saturated heterocycles. The quantitative estimate of drug-likeness (QED) is 0.277. The number of nitrogens with one attached hydrogen (secondary N) is 1. The molecule has 0 aliphatic heterocycles. The molecule has 0 unspecified atom stereocenters. The summed E-state index contributed by atoms with van der Waals surface area (Å²) >= 11 is 9.24. The predicted octanol–water partition coefficient (Wildman–Crippen LogP) is 6.13. The van der Waals surface area contributed by atoms with Crippen LogP contribution in [0, 0.1) is 0 Å². The molecule has 0 saturated carbocycles. The smallest absolute Gasteiger partial charge is 0.255 e. The molecule has 0 bridgehead atoms. The van der Waals surface area contributed by atoms with E-state index in [1.54, 1.807) is 64.2 Å².